The van der Waals surface area contributed by atoms with Crippen LogP contribution in [0.25, 0.3) is 16.5 Å². The number of imidazole rings is 1. The molecule has 0 atom stereocenters. The van der Waals surface area contributed by atoms with Gasteiger partial charge in [0.05, 0.1) is 12.0 Å². The van der Waals surface area contributed by atoms with E-state index in [0.717, 1.165) is 42.4 Å². The first-order valence-corrected chi connectivity index (χ1v) is 12.0. The van der Waals surface area contributed by atoms with Gasteiger partial charge in [0, 0.05) is 52.9 Å². The van der Waals surface area contributed by atoms with Crippen molar-refractivity contribution in [1.82, 2.24) is 24.3 Å². The lowest BCUT2D eigenvalue weighted by Crippen LogP contribution is -2.44. The molecule has 3 aromatic rings. The summed E-state index contributed by atoms with van der Waals surface area (Å²) in [6, 6.07) is 9.42. The van der Waals surface area contributed by atoms with E-state index >= 15 is 0 Å². The van der Waals surface area contributed by atoms with Crippen LogP contribution >= 0.6 is 0 Å². The molecule has 0 saturated carbocycles. The second-order valence-electron chi connectivity index (χ2n) is 9.84. The Morgan fingerprint density at radius 3 is 2.38 bits per heavy atom. The van der Waals surface area contributed by atoms with Gasteiger partial charge in [-0.15, -0.1) is 0 Å². The van der Waals surface area contributed by atoms with Crippen molar-refractivity contribution in [2.45, 2.75) is 39.2 Å². The molecule has 1 aromatic heterocycles. The molecule has 0 N–H and O–H groups in total. The van der Waals surface area contributed by atoms with E-state index < -0.39 is 0 Å². The topological polar surface area (TPSA) is 61.7 Å². The van der Waals surface area contributed by atoms with Crippen molar-refractivity contribution < 1.29 is 9.59 Å². The quantitative estimate of drug-likeness (QED) is 0.426. The molecule has 0 bridgehead atoms. The normalized spacial score (nSPS) is 14.1. The molecule has 1 aliphatic heterocycles. The molecule has 0 aliphatic carbocycles. The lowest BCUT2D eigenvalue weighted by molar-refractivity contribution is 0.0596. The number of benzene rings is 2. The largest absolute Gasteiger partial charge is 0.306 e. The predicted molar refractivity (Wildman–Crippen MR) is 136 cm³/mol. The second kappa shape index (κ2) is 9.68. The lowest BCUT2D eigenvalue weighted by Gasteiger charge is -2.35. The van der Waals surface area contributed by atoms with Crippen LogP contribution in [0.2, 0.25) is 0 Å². The highest BCUT2D eigenvalue weighted by Gasteiger charge is 2.33. The maximum atomic E-state index is 13.3. The Kier molecular flexibility index (Phi) is 6.86. The number of likely N-dealkylation sites (N-methyl/N-ethyl adjacent to an activating group) is 1. The minimum Gasteiger partial charge on any atom is -0.306 e. The van der Waals surface area contributed by atoms with Gasteiger partial charge >= 0.3 is 0 Å². The van der Waals surface area contributed by atoms with Gasteiger partial charge in [-0.05, 0) is 72.1 Å². The Morgan fingerprint density at radius 2 is 1.71 bits per heavy atom. The average Bonchev–Trinajstić information content (AvgIpc) is 3.36. The highest BCUT2D eigenvalue weighted by molar-refractivity contribution is 6.26. The van der Waals surface area contributed by atoms with Gasteiger partial charge in [0.25, 0.3) is 11.8 Å². The van der Waals surface area contributed by atoms with Crippen LogP contribution in [-0.4, -0.2) is 81.9 Å². The summed E-state index contributed by atoms with van der Waals surface area (Å²) < 4.78 is 1.90. The van der Waals surface area contributed by atoms with Gasteiger partial charge in [-0.1, -0.05) is 19.1 Å². The number of hydrogen-bond acceptors (Lipinski definition) is 5. The van der Waals surface area contributed by atoms with Crippen LogP contribution in [0.4, 0.5) is 0 Å². The molecule has 0 fully saturated rings. The Hall–Kier alpha value is -3.03. The van der Waals surface area contributed by atoms with Crippen LogP contribution in [0, 0.1) is 0 Å². The van der Waals surface area contributed by atoms with Gasteiger partial charge in [0.1, 0.15) is 0 Å². The fourth-order valence-electron chi connectivity index (χ4n) is 4.49. The molecule has 2 amide bonds. The summed E-state index contributed by atoms with van der Waals surface area (Å²) in [6.45, 7) is 9.71. The highest BCUT2D eigenvalue weighted by atomic mass is 16.2. The molecule has 2 aromatic carbocycles. The van der Waals surface area contributed by atoms with Crippen molar-refractivity contribution in [2.75, 3.05) is 40.3 Å². The Labute approximate surface area is 202 Å². The highest BCUT2D eigenvalue weighted by Crippen LogP contribution is 2.33. The zero-order valence-corrected chi connectivity index (χ0v) is 20.9. The van der Waals surface area contributed by atoms with Crippen LogP contribution in [0.1, 0.15) is 54.3 Å². The maximum Gasteiger partial charge on any atom is 0.261 e. The van der Waals surface area contributed by atoms with Gasteiger partial charge in [-0.2, -0.15) is 0 Å². The number of carbonyl (C=O) groups excluding carboxylic acids is 2. The summed E-state index contributed by atoms with van der Waals surface area (Å²) in [4.78, 5) is 36.8. The minimum atomic E-state index is -0.219. The first kappa shape index (κ1) is 24.1. The van der Waals surface area contributed by atoms with E-state index in [-0.39, 0.29) is 17.4 Å². The third kappa shape index (κ3) is 4.50. The number of imide groups is 1. The zero-order chi connectivity index (χ0) is 24.5. The van der Waals surface area contributed by atoms with Crippen molar-refractivity contribution in [3.63, 3.8) is 0 Å². The van der Waals surface area contributed by atoms with E-state index in [1.165, 1.54) is 4.90 Å². The minimum absolute atomic E-state index is 0.192. The molecular weight excluding hydrogens is 426 g/mol. The SMILES string of the molecule is CCC(C)(C)N(C)CCCN(C)CCN1C(=O)c2cccc3c(-n4ccnc4)ccc(c23)C1=O. The Balaban J connectivity index is 1.45. The molecule has 180 valence electrons. The van der Waals surface area contributed by atoms with Crippen molar-refractivity contribution in [3.8, 4) is 5.69 Å². The predicted octanol–water partition coefficient (Wildman–Crippen LogP) is 4.06. The van der Waals surface area contributed by atoms with Crippen LogP contribution in [-0.2, 0) is 0 Å². The summed E-state index contributed by atoms with van der Waals surface area (Å²) in [5.74, 6) is -0.438. The number of nitrogens with zero attached hydrogens (tertiary/aromatic N) is 5. The van der Waals surface area contributed by atoms with E-state index in [0.29, 0.717) is 24.2 Å². The van der Waals surface area contributed by atoms with Gasteiger partial charge in [0.2, 0.25) is 0 Å². The van der Waals surface area contributed by atoms with E-state index in [9.17, 15) is 9.59 Å². The van der Waals surface area contributed by atoms with Gasteiger partial charge in [0.15, 0.2) is 0 Å². The van der Waals surface area contributed by atoms with Crippen molar-refractivity contribution in [3.05, 3.63) is 60.2 Å². The number of hydrogen-bond donors (Lipinski definition) is 0. The van der Waals surface area contributed by atoms with E-state index in [1.54, 1.807) is 12.5 Å². The molecule has 1 aliphatic rings. The summed E-state index contributed by atoms with van der Waals surface area (Å²) in [7, 11) is 4.22. The van der Waals surface area contributed by atoms with Crippen molar-refractivity contribution >= 4 is 22.6 Å². The summed E-state index contributed by atoms with van der Waals surface area (Å²) in [6.07, 6.45) is 7.44. The lowest BCUT2D eigenvalue weighted by atomic mass is 9.93. The third-order valence-corrected chi connectivity index (χ3v) is 7.39. The first-order valence-electron chi connectivity index (χ1n) is 12.0. The van der Waals surface area contributed by atoms with Crippen LogP contribution in [0.15, 0.2) is 49.1 Å². The first-order chi connectivity index (χ1) is 16.2. The molecule has 2 heterocycles. The van der Waals surface area contributed by atoms with E-state index in [1.807, 2.05) is 41.1 Å². The molecule has 0 radical (unpaired) electrons. The number of rotatable bonds is 10. The summed E-state index contributed by atoms with van der Waals surface area (Å²) >= 11 is 0. The van der Waals surface area contributed by atoms with E-state index in [4.69, 9.17) is 0 Å². The van der Waals surface area contributed by atoms with Crippen LogP contribution in [0.5, 0.6) is 0 Å². The van der Waals surface area contributed by atoms with Crippen LogP contribution < -0.4 is 0 Å². The maximum absolute atomic E-state index is 13.3. The fraction of sp³-hybridized carbons (Fsp3) is 0.444. The average molecular weight is 462 g/mol. The van der Waals surface area contributed by atoms with E-state index in [2.05, 4.69) is 49.7 Å². The van der Waals surface area contributed by atoms with Crippen LogP contribution in [0.3, 0.4) is 0 Å². The number of amides is 2. The monoisotopic (exact) mass is 461 g/mol. The molecule has 7 nitrogen and oxygen atoms in total. The molecule has 0 saturated heterocycles. The molecule has 0 unspecified atom stereocenters. The molecule has 4 rings (SSSR count). The second-order valence-corrected chi connectivity index (χ2v) is 9.84. The van der Waals surface area contributed by atoms with Gasteiger partial charge in [-0.25, -0.2) is 4.98 Å². The molecular formula is C27H35N5O2. The number of carbonyl (C=O) groups is 2. The van der Waals surface area contributed by atoms with Gasteiger partial charge < -0.3 is 14.4 Å². The van der Waals surface area contributed by atoms with Crippen molar-refractivity contribution in [1.29, 1.82) is 0 Å². The Bertz CT molecular complexity index is 1160. The van der Waals surface area contributed by atoms with Gasteiger partial charge in [-0.3, -0.25) is 14.5 Å². The zero-order valence-electron chi connectivity index (χ0n) is 20.9. The summed E-state index contributed by atoms with van der Waals surface area (Å²) in [5.41, 5.74) is 2.26. The third-order valence-electron chi connectivity index (χ3n) is 7.39. The summed E-state index contributed by atoms with van der Waals surface area (Å²) in [5, 5.41) is 1.61. The molecule has 34 heavy (non-hydrogen) atoms. The Morgan fingerprint density at radius 1 is 0.971 bits per heavy atom. The van der Waals surface area contributed by atoms with Crippen molar-refractivity contribution in [2.24, 2.45) is 0 Å². The number of aromatic nitrogens is 2. The standard InChI is InChI=1S/C27H35N5O2/c1-6-27(2,3)30(5)15-8-14-29(4)17-18-32-25(33)21-10-7-9-20-23(31-16-13-28-19-31)12-11-22(24(20)21)26(32)34/h7,9-13,16,19H,6,8,14-15,17-18H2,1-5H3. The fourth-order valence-corrected chi connectivity index (χ4v) is 4.49. The molecule has 7 heteroatoms. The smallest absolute Gasteiger partial charge is 0.261 e. The molecule has 0 spiro atoms.